The molecule has 1 aromatic heterocycles. The summed E-state index contributed by atoms with van der Waals surface area (Å²) in [5.41, 5.74) is 4.14. The first-order chi connectivity index (χ1) is 25.1. The number of hydrogen-bond donors (Lipinski definition) is 6. The van der Waals surface area contributed by atoms with Crippen LogP contribution in [-0.4, -0.2) is 64.4 Å². The third kappa shape index (κ3) is 9.30. The van der Waals surface area contributed by atoms with Gasteiger partial charge in [-0.05, 0) is 59.9 Å². The fourth-order valence-electron chi connectivity index (χ4n) is 6.32. The number of rotatable bonds is 12. The van der Waals surface area contributed by atoms with Gasteiger partial charge in [-0.15, -0.1) is 0 Å². The number of para-hydroxylation sites is 1. The number of aliphatic hydroxyl groups excluding tert-OH is 1. The Labute approximate surface area is 310 Å². The van der Waals surface area contributed by atoms with Gasteiger partial charge in [0.1, 0.15) is 11.9 Å². The van der Waals surface area contributed by atoms with Crippen molar-refractivity contribution < 1.29 is 24.5 Å². The number of benzene rings is 4. The van der Waals surface area contributed by atoms with Gasteiger partial charge >= 0.3 is 6.09 Å². The van der Waals surface area contributed by atoms with Crippen molar-refractivity contribution in [3.05, 3.63) is 123 Å². The maximum Gasteiger partial charge on any atom is 0.411 e. The highest BCUT2D eigenvalue weighted by atomic mass is 35.5. The first-order valence-corrected chi connectivity index (χ1v) is 17.8. The zero-order chi connectivity index (χ0) is 36.6. The van der Waals surface area contributed by atoms with Crippen LogP contribution in [-0.2, 0) is 16.1 Å². The number of hydrogen-bond acceptors (Lipinski definition) is 8. The lowest BCUT2D eigenvalue weighted by atomic mass is 10.0. The molecule has 2 heterocycles. The first-order valence-electron chi connectivity index (χ1n) is 17.0. The number of nitrogens with one attached hydrogen (secondary N) is 4. The Balaban J connectivity index is 0.927. The van der Waals surface area contributed by atoms with E-state index < -0.39 is 12.2 Å². The Morgan fingerprint density at radius 2 is 1.63 bits per heavy atom. The summed E-state index contributed by atoms with van der Waals surface area (Å²) < 4.78 is 5.73. The molecule has 5 aromatic rings. The van der Waals surface area contributed by atoms with E-state index in [1.54, 1.807) is 24.3 Å². The van der Waals surface area contributed by atoms with Gasteiger partial charge in [-0.25, -0.2) is 4.79 Å². The maximum atomic E-state index is 12.9. The summed E-state index contributed by atoms with van der Waals surface area (Å²) in [4.78, 5) is 42.1. The molecule has 6 rings (SSSR count). The number of H-pyrrole nitrogens is 1. The number of halogens is 2. The predicted molar refractivity (Wildman–Crippen MR) is 204 cm³/mol. The summed E-state index contributed by atoms with van der Waals surface area (Å²) >= 11 is 13.0. The Morgan fingerprint density at radius 3 is 2.38 bits per heavy atom. The average molecular weight is 745 g/mol. The molecule has 1 saturated heterocycles. The molecule has 270 valence electrons. The number of carbonyl (C=O) groups excluding carboxylic acids is 2. The van der Waals surface area contributed by atoms with Crippen molar-refractivity contribution in [3.8, 4) is 16.9 Å². The van der Waals surface area contributed by atoms with Gasteiger partial charge in [-0.1, -0.05) is 77.8 Å². The minimum Gasteiger partial charge on any atom is -0.506 e. The largest absolute Gasteiger partial charge is 0.506 e. The molecule has 0 unspecified atom stereocenters. The van der Waals surface area contributed by atoms with Gasteiger partial charge in [-0.3, -0.25) is 14.9 Å². The molecular formula is C39H39Cl2N5O6. The lowest BCUT2D eigenvalue weighted by Crippen LogP contribution is -2.39. The number of likely N-dealkylation sites (tertiary alicyclic amines) is 1. The van der Waals surface area contributed by atoms with E-state index in [9.17, 15) is 24.6 Å². The van der Waals surface area contributed by atoms with Crippen LogP contribution in [0.1, 0.15) is 36.5 Å². The second-order valence-electron chi connectivity index (χ2n) is 12.6. The van der Waals surface area contributed by atoms with Crippen molar-refractivity contribution in [2.24, 2.45) is 0 Å². The number of piperidine rings is 1. The van der Waals surface area contributed by atoms with E-state index in [-0.39, 0.29) is 51.8 Å². The van der Waals surface area contributed by atoms with E-state index in [0.29, 0.717) is 61.3 Å². The SMILES string of the molecule is O=C(CCN1CCC(OC(=O)Nc2ccccc2-c2ccccc2)CC1)Nc1c(Cl)cc(CNC[C@H](O)c2ccc(O)c3[nH]c(=O)ccc23)cc1Cl. The molecule has 0 spiro atoms. The number of phenols is 1. The Morgan fingerprint density at radius 1 is 0.923 bits per heavy atom. The molecule has 1 fully saturated rings. The topological polar surface area (TPSA) is 156 Å². The number of nitrogens with zero attached hydrogens (tertiary/aromatic N) is 1. The molecule has 1 aliphatic heterocycles. The van der Waals surface area contributed by atoms with Crippen molar-refractivity contribution in [1.29, 1.82) is 0 Å². The molecule has 52 heavy (non-hydrogen) atoms. The number of aromatic nitrogens is 1. The zero-order valence-electron chi connectivity index (χ0n) is 28.2. The molecular weight excluding hydrogens is 705 g/mol. The van der Waals surface area contributed by atoms with Crippen molar-refractivity contribution >= 4 is 57.5 Å². The van der Waals surface area contributed by atoms with Gasteiger partial charge in [0, 0.05) is 56.2 Å². The highest BCUT2D eigenvalue weighted by Crippen LogP contribution is 2.33. The molecule has 2 amide bonds. The summed E-state index contributed by atoms with van der Waals surface area (Å²) in [6, 6.07) is 26.8. The molecule has 0 radical (unpaired) electrons. The number of aromatic amines is 1. The minimum atomic E-state index is -0.926. The summed E-state index contributed by atoms with van der Waals surface area (Å²) in [6.45, 7) is 2.41. The lowest BCUT2D eigenvalue weighted by Gasteiger charge is -2.31. The van der Waals surface area contributed by atoms with Gasteiger partial charge < -0.3 is 35.5 Å². The van der Waals surface area contributed by atoms with Crippen LogP contribution >= 0.6 is 23.2 Å². The quantitative estimate of drug-likeness (QED) is 0.0793. The Bertz CT molecular complexity index is 2080. The molecule has 0 saturated carbocycles. The number of ether oxygens (including phenoxy) is 1. The molecule has 4 aromatic carbocycles. The normalized spacial score (nSPS) is 14.2. The van der Waals surface area contributed by atoms with Crippen molar-refractivity contribution in [3.63, 3.8) is 0 Å². The van der Waals surface area contributed by atoms with Crippen molar-refractivity contribution in [1.82, 2.24) is 15.2 Å². The highest BCUT2D eigenvalue weighted by molar-refractivity contribution is 6.39. The van der Waals surface area contributed by atoms with Gasteiger partial charge in [0.05, 0.1) is 33.0 Å². The zero-order valence-corrected chi connectivity index (χ0v) is 29.7. The number of fused-ring (bicyclic) bond motifs is 1. The van der Waals surface area contributed by atoms with E-state index in [1.807, 2.05) is 54.6 Å². The standard InChI is InChI=1S/C39H39Cl2N5O6/c40-30-20-24(22-42-23-34(48)28-10-12-33(47)37-29(28)11-13-35(49)44-37)21-31(41)38(30)45-36(50)16-19-46-17-14-26(15-18-46)52-39(51)43-32-9-5-4-8-27(32)25-6-2-1-3-7-25/h1-13,20-21,26,34,42,47-48H,14-19,22-23H2,(H,43,51)(H,44,49)(H,45,50)/t34-/m0/s1. The summed E-state index contributed by atoms with van der Waals surface area (Å²) in [6.07, 6.45) is -0.0859. The molecule has 13 heteroatoms. The van der Waals surface area contributed by atoms with Gasteiger partial charge in [0.25, 0.3) is 0 Å². The number of amides is 2. The number of carbonyl (C=O) groups is 2. The van der Waals surface area contributed by atoms with E-state index in [1.165, 1.54) is 12.1 Å². The van der Waals surface area contributed by atoms with E-state index in [2.05, 4.69) is 25.8 Å². The summed E-state index contributed by atoms with van der Waals surface area (Å²) in [5, 5.41) is 30.9. The lowest BCUT2D eigenvalue weighted by molar-refractivity contribution is -0.116. The van der Waals surface area contributed by atoms with Crippen LogP contribution in [0.2, 0.25) is 10.0 Å². The van der Waals surface area contributed by atoms with E-state index in [0.717, 1.165) is 16.7 Å². The molecule has 6 N–H and O–H groups in total. The third-order valence-corrected chi connectivity index (χ3v) is 9.61. The summed E-state index contributed by atoms with van der Waals surface area (Å²) in [5.74, 6) is -0.307. The first kappa shape index (κ1) is 36.9. The fraction of sp³-hybridized carbons (Fsp3) is 0.256. The van der Waals surface area contributed by atoms with Gasteiger partial charge in [-0.2, -0.15) is 0 Å². The number of anilines is 2. The molecule has 0 bridgehead atoms. The Hall–Kier alpha value is -4.91. The van der Waals surface area contributed by atoms with Crippen LogP contribution in [0.3, 0.4) is 0 Å². The number of aliphatic hydroxyl groups is 1. The predicted octanol–water partition coefficient (Wildman–Crippen LogP) is 7.07. The van der Waals surface area contributed by atoms with E-state index in [4.69, 9.17) is 27.9 Å². The monoisotopic (exact) mass is 743 g/mol. The van der Waals surface area contributed by atoms with Crippen LogP contribution in [0.25, 0.3) is 22.0 Å². The fourth-order valence-corrected chi connectivity index (χ4v) is 6.95. The second-order valence-corrected chi connectivity index (χ2v) is 13.5. The van der Waals surface area contributed by atoms with Gasteiger partial charge in [0.15, 0.2) is 0 Å². The molecule has 0 aliphatic carbocycles. The smallest absolute Gasteiger partial charge is 0.411 e. The van der Waals surface area contributed by atoms with E-state index >= 15 is 0 Å². The van der Waals surface area contributed by atoms with Crippen LogP contribution in [0.15, 0.2) is 95.8 Å². The summed E-state index contributed by atoms with van der Waals surface area (Å²) in [7, 11) is 0. The third-order valence-electron chi connectivity index (χ3n) is 9.01. The molecule has 1 aliphatic rings. The number of phenolic OH excluding ortho intramolecular Hbond substituents is 1. The highest BCUT2D eigenvalue weighted by Gasteiger charge is 2.24. The minimum absolute atomic E-state index is 0.0801. The number of pyridine rings is 1. The van der Waals surface area contributed by atoms with Crippen LogP contribution < -0.4 is 21.5 Å². The van der Waals surface area contributed by atoms with Crippen LogP contribution in [0.5, 0.6) is 5.75 Å². The molecule has 11 nitrogen and oxygen atoms in total. The average Bonchev–Trinajstić information content (AvgIpc) is 3.13. The van der Waals surface area contributed by atoms with Crippen LogP contribution in [0.4, 0.5) is 16.2 Å². The maximum absolute atomic E-state index is 12.9. The number of aromatic hydroxyl groups is 1. The van der Waals surface area contributed by atoms with Crippen LogP contribution in [0, 0.1) is 0 Å². The van der Waals surface area contributed by atoms with Crippen molar-refractivity contribution in [2.75, 3.05) is 36.8 Å². The van der Waals surface area contributed by atoms with Crippen molar-refractivity contribution in [2.45, 2.75) is 38.0 Å². The second kappa shape index (κ2) is 17.1. The van der Waals surface area contributed by atoms with Gasteiger partial charge in [0.2, 0.25) is 11.5 Å². The molecule has 1 atom stereocenters. The Kier molecular flexibility index (Phi) is 12.1.